The molecule has 0 aliphatic carbocycles. The molecule has 0 amide bonds. The van der Waals surface area contributed by atoms with Crippen LogP contribution < -0.4 is 5.32 Å². The third-order valence-corrected chi connectivity index (χ3v) is 4.41. The number of nitrogens with zero attached hydrogens (tertiary/aromatic N) is 1. The van der Waals surface area contributed by atoms with Crippen LogP contribution in [0.3, 0.4) is 0 Å². The molecule has 0 spiro atoms. The molecule has 1 atom stereocenters. The first kappa shape index (κ1) is 15.6. The fourth-order valence-corrected chi connectivity index (χ4v) is 3.21. The molecule has 1 aliphatic heterocycles. The molecule has 1 aromatic rings. The molecular formula is C17H30N2O. The summed E-state index contributed by atoms with van der Waals surface area (Å²) in [6.07, 6.45) is 8.67. The third-order valence-electron chi connectivity index (χ3n) is 4.41. The Balaban J connectivity index is 1.85. The van der Waals surface area contributed by atoms with Crippen LogP contribution in [0.1, 0.15) is 57.3 Å². The second-order valence-electron chi connectivity index (χ2n) is 6.01. The summed E-state index contributed by atoms with van der Waals surface area (Å²) in [4.78, 5) is 2.57. The molecule has 2 rings (SSSR count). The molecular weight excluding hydrogens is 248 g/mol. The standard InChI is InChI=1S/C17H30N2O/c1-3-6-15-7-5-10-19(11-8-15)14-17-16(9-12-20-17)13-18-4-2/h9,12,15,18H,3-8,10-11,13-14H2,1-2H3. The molecule has 2 heterocycles. The van der Waals surface area contributed by atoms with E-state index in [0.29, 0.717) is 0 Å². The molecule has 3 nitrogen and oxygen atoms in total. The number of likely N-dealkylation sites (tertiary alicyclic amines) is 1. The smallest absolute Gasteiger partial charge is 0.122 e. The van der Waals surface area contributed by atoms with E-state index in [2.05, 4.69) is 30.1 Å². The summed E-state index contributed by atoms with van der Waals surface area (Å²) in [5, 5.41) is 3.39. The zero-order valence-corrected chi connectivity index (χ0v) is 13.2. The summed E-state index contributed by atoms with van der Waals surface area (Å²) in [5.41, 5.74) is 1.32. The van der Waals surface area contributed by atoms with Crippen LogP contribution in [0, 0.1) is 5.92 Å². The molecule has 3 heteroatoms. The van der Waals surface area contributed by atoms with Crippen molar-refractivity contribution < 1.29 is 4.42 Å². The summed E-state index contributed by atoms with van der Waals surface area (Å²) in [6, 6.07) is 2.11. The molecule has 0 radical (unpaired) electrons. The van der Waals surface area contributed by atoms with Gasteiger partial charge in [0.15, 0.2) is 0 Å². The lowest BCUT2D eigenvalue weighted by molar-refractivity contribution is 0.247. The van der Waals surface area contributed by atoms with Crippen molar-refractivity contribution in [3.8, 4) is 0 Å². The van der Waals surface area contributed by atoms with Gasteiger partial charge in [-0.15, -0.1) is 0 Å². The SMILES string of the molecule is CCCC1CCCN(Cc2occc2CNCC)CC1. The minimum Gasteiger partial charge on any atom is -0.468 e. The predicted molar refractivity (Wildman–Crippen MR) is 83.6 cm³/mol. The first-order valence-electron chi connectivity index (χ1n) is 8.31. The minimum absolute atomic E-state index is 0.925. The monoisotopic (exact) mass is 278 g/mol. The molecule has 0 aromatic carbocycles. The Labute approximate surface area is 123 Å². The average molecular weight is 278 g/mol. The summed E-state index contributed by atoms with van der Waals surface area (Å²) in [7, 11) is 0. The van der Waals surface area contributed by atoms with Crippen LogP contribution >= 0.6 is 0 Å². The van der Waals surface area contributed by atoms with Gasteiger partial charge in [-0.3, -0.25) is 4.90 Å². The van der Waals surface area contributed by atoms with Gasteiger partial charge < -0.3 is 9.73 Å². The quantitative estimate of drug-likeness (QED) is 0.822. The van der Waals surface area contributed by atoms with Gasteiger partial charge in [0.2, 0.25) is 0 Å². The summed E-state index contributed by atoms with van der Waals surface area (Å²) in [5.74, 6) is 2.10. The second kappa shape index (κ2) is 8.48. The van der Waals surface area contributed by atoms with E-state index < -0.39 is 0 Å². The number of hydrogen-bond acceptors (Lipinski definition) is 3. The Morgan fingerprint density at radius 2 is 2.20 bits per heavy atom. The molecule has 1 N–H and O–H groups in total. The zero-order chi connectivity index (χ0) is 14.2. The maximum absolute atomic E-state index is 5.70. The highest BCUT2D eigenvalue weighted by atomic mass is 16.3. The van der Waals surface area contributed by atoms with Crippen molar-refractivity contribution in [2.45, 2.75) is 59.0 Å². The van der Waals surface area contributed by atoms with Gasteiger partial charge in [0, 0.05) is 12.1 Å². The van der Waals surface area contributed by atoms with E-state index in [1.165, 1.54) is 50.8 Å². The van der Waals surface area contributed by atoms with Crippen molar-refractivity contribution >= 4 is 0 Å². The lowest BCUT2D eigenvalue weighted by Gasteiger charge is -2.19. The van der Waals surface area contributed by atoms with E-state index in [1.807, 2.05) is 6.26 Å². The van der Waals surface area contributed by atoms with Crippen LogP contribution in [0.25, 0.3) is 0 Å². The number of hydrogen-bond donors (Lipinski definition) is 1. The van der Waals surface area contributed by atoms with Crippen molar-refractivity contribution in [3.05, 3.63) is 23.7 Å². The van der Waals surface area contributed by atoms with Crippen molar-refractivity contribution in [2.24, 2.45) is 5.92 Å². The van der Waals surface area contributed by atoms with Crippen LogP contribution in [0.15, 0.2) is 16.7 Å². The maximum atomic E-state index is 5.70. The fourth-order valence-electron chi connectivity index (χ4n) is 3.21. The van der Waals surface area contributed by atoms with E-state index >= 15 is 0 Å². The third kappa shape index (κ3) is 4.64. The Morgan fingerprint density at radius 1 is 1.30 bits per heavy atom. The van der Waals surface area contributed by atoms with Crippen LogP contribution in [-0.4, -0.2) is 24.5 Å². The molecule has 1 unspecified atom stereocenters. The number of rotatable bonds is 7. The topological polar surface area (TPSA) is 28.4 Å². The summed E-state index contributed by atoms with van der Waals surface area (Å²) in [6.45, 7) is 9.81. The maximum Gasteiger partial charge on any atom is 0.122 e. The second-order valence-corrected chi connectivity index (χ2v) is 6.01. The Bertz CT molecular complexity index is 375. The number of furan rings is 1. The zero-order valence-electron chi connectivity index (χ0n) is 13.2. The van der Waals surface area contributed by atoms with E-state index in [0.717, 1.165) is 31.3 Å². The van der Waals surface area contributed by atoms with Crippen molar-refractivity contribution in [1.82, 2.24) is 10.2 Å². The number of nitrogens with one attached hydrogen (secondary N) is 1. The fraction of sp³-hybridized carbons (Fsp3) is 0.765. The molecule has 1 fully saturated rings. The van der Waals surface area contributed by atoms with E-state index in [4.69, 9.17) is 4.42 Å². The first-order chi connectivity index (χ1) is 9.83. The molecule has 1 aliphatic rings. The van der Waals surface area contributed by atoms with Gasteiger partial charge >= 0.3 is 0 Å². The highest BCUT2D eigenvalue weighted by Gasteiger charge is 2.18. The van der Waals surface area contributed by atoms with Crippen LogP contribution in [-0.2, 0) is 13.1 Å². The molecule has 1 aromatic heterocycles. The van der Waals surface area contributed by atoms with Crippen LogP contribution in [0.5, 0.6) is 0 Å². The van der Waals surface area contributed by atoms with Gasteiger partial charge in [0.05, 0.1) is 12.8 Å². The Kier molecular flexibility index (Phi) is 6.61. The largest absolute Gasteiger partial charge is 0.468 e. The molecule has 0 bridgehead atoms. The highest BCUT2D eigenvalue weighted by Crippen LogP contribution is 2.23. The van der Waals surface area contributed by atoms with Crippen molar-refractivity contribution in [2.75, 3.05) is 19.6 Å². The predicted octanol–water partition coefficient (Wildman–Crippen LogP) is 3.79. The van der Waals surface area contributed by atoms with E-state index in [9.17, 15) is 0 Å². The molecule has 20 heavy (non-hydrogen) atoms. The molecule has 114 valence electrons. The van der Waals surface area contributed by atoms with Crippen molar-refractivity contribution in [1.29, 1.82) is 0 Å². The van der Waals surface area contributed by atoms with Gasteiger partial charge in [0.25, 0.3) is 0 Å². The molecule has 1 saturated heterocycles. The van der Waals surface area contributed by atoms with Gasteiger partial charge in [0.1, 0.15) is 5.76 Å². The van der Waals surface area contributed by atoms with Gasteiger partial charge in [-0.2, -0.15) is 0 Å². The lowest BCUT2D eigenvalue weighted by Crippen LogP contribution is -2.25. The minimum atomic E-state index is 0.925. The van der Waals surface area contributed by atoms with E-state index in [1.54, 1.807) is 0 Å². The highest BCUT2D eigenvalue weighted by molar-refractivity contribution is 5.16. The Hall–Kier alpha value is -0.800. The first-order valence-corrected chi connectivity index (χ1v) is 8.31. The lowest BCUT2D eigenvalue weighted by atomic mass is 9.96. The average Bonchev–Trinajstić information content (AvgIpc) is 2.77. The summed E-state index contributed by atoms with van der Waals surface area (Å²) >= 11 is 0. The molecule has 0 saturated carbocycles. The normalized spacial score (nSPS) is 21.0. The van der Waals surface area contributed by atoms with E-state index in [-0.39, 0.29) is 0 Å². The Morgan fingerprint density at radius 3 is 3.00 bits per heavy atom. The van der Waals surface area contributed by atoms with Crippen molar-refractivity contribution in [3.63, 3.8) is 0 Å². The van der Waals surface area contributed by atoms with Gasteiger partial charge in [-0.1, -0.05) is 26.7 Å². The summed E-state index contributed by atoms with van der Waals surface area (Å²) < 4.78 is 5.70. The van der Waals surface area contributed by atoms with Crippen LogP contribution in [0.4, 0.5) is 0 Å². The van der Waals surface area contributed by atoms with Gasteiger partial charge in [-0.25, -0.2) is 0 Å². The van der Waals surface area contributed by atoms with Crippen LogP contribution in [0.2, 0.25) is 0 Å². The van der Waals surface area contributed by atoms with Gasteiger partial charge in [-0.05, 0) is 50.9 Å².